The zero-order chi connectivity index (χ0) is 31.6. The Morgan fingerprint density at radius 3 is 1.53 bits per heavy atom. The number of carbonyl (C=O) groups is 3. The lowest BCUT2D eigenvalue weighted by atomic mass is 10.1. The monoisotopic (exact) mass is 617 g/mol. The topological polar surface area (TPSA) is 147 Å². The Kier molecular flexibility index (Phi) is 31.7. The van der Waals surface area contributed by atoms with Crippen molar-refractivity contribution in [2.45, 2.75) is 116 Å². The summed E-state index contributed by atoms with van der Waals surface area (Å²) in [6.45, 7) is 9.92. The molecule has 43 heavy (non-hydrogen) atoms. The van der Waals surface area contributed by atoms with E-state index in [0.29, 0.717) is 91.7 Å². The molecule has 0 aromatic rings. The van der Waals surface area contributed by atoms with Crippen LogP contribution in [0.15, 0.2) is 0 Å². The number of primary amides is 1. The first kappa shape index (κ1) is 41.2. The Bertz CT molecular complexity index is 654. The molecule has 0 aliphatic rings. The summed E-state index contributed by atoms with van der Waals surface area (Å²) in [5, 5.41) is 5.62. The van der Waals surface area contributed by atoms with Crippen LogP contribution in [0.5, 0.6) is 0 Å². The van der Waals surface area contributed by atoms with Crippen LogP contribution >= 0.6 is 0 Å². The van der Waals surface area contributed by atoms with E-state index in [1.165, 1.54) is 38.5 Å². The predicted molar refractivity (Wildman–Crippen MR) is 169 cm³/mol. The number of hydrogen-bond acceptors (Lipinski definition) is 8. The minimum absolute atomic E-state index is 0.0887. The van der Waals surface area contributed by atoms with Gasteiger partial charge in [-0.1, -0.05) is 65.2 Å². The zero-order valence-corrected chi connectivity index (χ0v) is 27.3. The highest BCUT2D eigenvalue weighted by molar-refractivity contribution is 5.86. The Labute approximate surface area is 261 Å². The van der Waals surface area contributed by atoms with Gasteiger partial charge in [0.1, 0.15) is 6.04 Å². The Morgan fingerprint density at radius 1 is 0.535 bits per heavy atom. The molecule has 0 aromatic heterocycles. The molecule has 1 atom stereocenters. The summed E-state index contributed by atoms with van der Waals surface area (Å²) in [5.41, 5.74) is 5.48. The second-order valence-corrected chi connectivity index (χ2v) is 10.8. The summed E-state index contributed by atoms with van der Waals surface area (Å²) < 4.78 is 27.0. The van der Waals surface area contributed by atoms with Crippen LogP contribution in [0, 0.1) is 0 Å². The molecule has 0 fully saturated rings. The van der Waals surface area contributed by atoms with Crippen LogP contribution in [0.2, 0.25) is 0 Å². The van der Waals surface area contributed by atoms with E-state index >= 15 is 0 Å². The van der Waals surface area contributed by atoms with Crippen LogP contribution in [0.25, 0.3) is 0 Å². The molecule has 0 radical (unpaired) electrons. The van der Waals surface area contributed by atoms with Gasteiger partial charge in [0.2, 0.25) is 17.7 Å². The number of ether oxygens (including phenoxy) is 5. The van der Waals surface area contributed by atoms with Crippen molar-refractivity contribution in [1.82, 2.24) is 10.6 Å². The number of nitrogens with one attached hydrogen (secondary N) is 2. The normalized spacial score (nSPS) is 11.9. The lowest BCUT2D eigenvalue weighted by molar-refractivity contribution is -0.127. The van der Waals surface area contributed by atoms with Crippen LogP contribution < -0.4 is 16.4 Å². The van der Waals surface area contributed by atoms with Crippen molar-refractivity contribution < 1.29 is 38.1 Å². The van der Waals surface area contributed by atoms with Crippen molar-refractivity contribution in [3.05, 3.63) is 0 Å². The largest absolute Gasteiger partial charge is 0.379 e. The maximum atomic E-state index is 12.2. The molecule has 0 spiro atoms. The van der Waals surface area contributed by atoms with E-state index < -0.39 is 11.9 Å². The molecule has 11 nitrogen and oxygen atoms in total. The van der Waals surface area contributed by atoms with Gasteiger partial charge in [0, 0.05) is 26.0 Å². The van der Waals surface area contributed by atoms with Gasteiger partial charge in [0.25, 0.3) is 0 Å². The number of rotatable bonds is 34. The van der Waals surface area contributed by atoms with Crippen LogP contribution in [-0.4, -0.2) is 96.4 Å². The molecule has 0 aliphatic carbocycles. The van der Waals surface area contributed by atoms with Crippen molar-refractivity contribution >= 4 is 17.7 Å². The highest BCUT2D eigenvalue weighted by Crippen LogP contribution is 2.11. The Hall–Kier alpha value is -1.79. The predicted octanol–water partition coefficient (Wildman–Crippen LogP) is 4.05. The molecule has 3 amide bonds. The minimum Gasteiger partial charge on any atom is -0.379 e. The van der Waals surface area contributed by atoms with E-state index in [1.54, 1.807) is 0 Å². The highest BCUT2D eigenvalue weighted by atomic mass is 16.6. The second kappa shape index (κ2) is 33.1. The molecule has 1 unspecified atom stereocenters. The lowest BCUT2D eigenvalue weighted by Crippen LogP contribution is -2.44. The minimum atomic E-state index is -0.668. The summed E-state index contributed by atoms with van der Waals surface area (Å²) in [4.78, 5) is 36.0. The SMILES string of the molecule is CCCCCCCCCCCC(=O)NC(CCCCNC(=O)CCOCCOCCOCCOCCOCCC)C(N)=O. The molecule has 0 saturated heterocycles. The zero-order valence-electron chi connectivity index (χ0n) is 27.3. The van der Waals surface area contributed by atoms with Crippen molar-refractivity contribution in [2.75, 3.05) is 72.6 Å². The Morgan fingerprint density at radius 2 is 1.02 bits per heavy atom. The summed E-state index contributed by atoms with van der Waals surface area (Å²) >= 11 is 0. The summed E-state index contributed by atoms with van der Waals surface area (Å²) in [6, 6.07) is -0.668. The first-order valence-corrected chi connectivity index (χ1v) is 16.7. The van der Waals surface area contributed by atoms with Gasteiger partial charge in [0.15, 0.2) is 0 Å². The average Bonchev–Trinajstić information content (AvgIpc) is 2.99. The molecule has 4 N–H and O–H groups in total. The van der Waals surface area contributed by atoms with Gasteiger partial charge in [-0.15, -0.1) is 0 Å². The molecule has 11 heteroatoms. The smallest absolute Gasteiger partial charge is 0.239 e. The van der Waals surface area contributed by atoms with Crippen molar-refractivity contribution in [3.63, 3.8) is 0 Å². The summed E-state index contributed by atoms with van der Waals surface area (Å²) in [5.74, 6) is -0.731. The molecular formula is C32H63N3O8. The van der Waals surface area contributed by atoms with Crippen LogP contribution in [0.4, 0.5) is 0 Å². The maximum Gasteiger partial charge on any atom is 0.239 e. The van der Waals surface area contributed by atoms with Gasteiger partial charge < -0.3 is 40.1 Å². The van der Waals surface area contributed by atoms with Crippen molar-refractivity contribution in [1.29, 1.82) is 0 Å². The third-order valence-electron chi connectivity index (χ3n) is 6.74. The van der Waals surface area contributed by atoms with Crippen LogP contribution in [0.3, 0.4) is 0 Å². The van der Waals surface area contributed by atoms with Crippen LogP contribution in [-0.2, 0) is 38.1 Å². The van der Waals surface area contributed by atoms with Crippen LogP contribution in [0.1, 0.15) is 110 Å². The highest BCUT2D eigenvalue weighted by Gasteiger charge is 2.17. The number of hydrogen-bond donors (Lipinski definition) is 3. The van der Waals surface area contributed by atoms with Gasteiger partial charge in [-0.2, -0.15) is 0 Å². The van der Waals surface area contributed by atoms with Crippen molar-refractivity contribution in [2.24, 2.45) is 5.73 Å². The molecule has 254 valence electrons. The Balaban J connectivity index is 3.57. The van der Waals surface area contributed by atoms with E-state index in [9.17, 15) is 14.4 Å². The van der Waals surface area contributed by atoms with E-state index in [0.717, 1.165) is 32.3 Å². The molecule has 0 rings (SSSR count). The van der Waals surface area contributed by atoms with E-state index in [4.69, 9.17) is 29.4 Å². The molecular weight excluding hydrogens is 554 g/mol. The third kappa shape index (κ3) is 31.4. The lowest BCUT2D eigenvalue weighted by Gasteiger charge is -2.15. The number of unbranched alkanes of at least 4 members (excludes halogenated alkanes) is 9. The van der Waals surface area contributed by atoms with E-state index in [-0.39, 0.29) is 18.2 Å². The summed E-state index contributed by atoms with van der Waals surface area (Å²) in [6.07, 6.45) is 14.2. The first-order chi connectivity index (χ1) is 21.0. The average molecular weight is 618 g/mol. The van der Waals surface area contributed by atoms with Gasteiger partial charge >= 0.3 is 0 Å². The number of carbonyl (C=O) groups excluding carboxylic acids is 3. The molecule has 0 saturated carbocycles. The second-order valence-electron chi connectivity index (χ2n) is 10.8. The number of nitrogens with two attached hydrogens (primary N) is 1. The van der Waals surface area contributed by atoms with Gasteiger partial charge in [-0.05, 0) is 32.1 Å². The van der Waals surface area contributed by atoms with E-state index in [2.05, 4.69) is 24.5 Å². The van der Waals surface area contributed by atoms with Gasteiger partial charge in [-0.3, -0.25) is 14.4 Å². The third-order valence-corrected chi connectivity index (χ3v) is 6.74. The van der Waals surface area contributed by atoms with Gasteiger partial charge in [0.05, 0.1) is 59.5 Å². The fraction of sp³-hybridized carbons (Fsp3) is 0.906. The standard InChI is InChI=1S/C32H63N3O8/c1-3-5-6-7-8-9-10-11-12-16-31(37)35-29(32(33)38)15-13-14-18-34-30(36)17-20-40-22-24-42-26-28-43-27-25-41-23-21-39-19-4-2/h29H,3-28H2,1-2H3,(H2,33,38)(H,34,36)(H,35,37). The fourth-order valence-electron chi connectivity index (χ4n) is 4.23. The summed E-state index contributed by atoms with van der Waals surface area (Å²) in [7, 11) is 0. The molecule has 0 heterocycles. The van der Waals surface area contributed by atoms with E-state index in [1.807, 2.05) is 0 Å². The quantitative estimate of drug-likeness (QED) is 0.0917. The number of amides is 3. The molecule has 0 aromatic carbocycles. The molecule has 0 aliphatic heterocycles. The molecule has 0 bridgehead atoms. The fourth-order valence-corrected chi connectivity index (χ4v) is 4.23. The maximum absolute atomic E-state index is 12.2. The first-order valence-electron chi connectivity index (χ1n) is 16.7. The van der Waals surface area contributed by atoms with Crippen molar-refractivity contribution in [3.8, 4) is 0 Å². The van der Waals surface area contributed by atoms with Gasteiger partial charge in [-0.25, -0.2) is 0 Å².